The Morgan fingerprint density at radius 1 is 1.32 bits per heavy atom. The Kier molecular flexibility index (Phi) is 3.21. The molecule has 3 fully saturated rings. The summed E-state index contributed by atoms with van der Waals surface area (Å²) in [5.74, 6) is 0.570. The van der Waals surface area contributed by atoms with Crippen LogP contribution in [0.4, 0.5) is 0 Å². The van der Waals surface area contributed by atoms with E-state index in [1.165, 1.54) is 19.5 Å². The molecule has 4 heteroatoms. The lowest BCUT2D eigenvalue weighted by Gasteiger charge is -2.63. The number of likely N-dealkylation sites (N-methyl/N-ethyl adjacent to an activating group) is 1. The van der Waals surface area contributed by atoms with Crippen LogP contribution < -0.4 is 5.73 Å². The molecule has 3 rings (SSSR count). The van der Waals surface area contributed by atoms with Crippen molar-refractivity contribution in [1.82, 2.24) is 9.80 Å². The summed E-state index contributed by atoms with van der Waals surface area (Å²) in [5, 5.41) is 0. The molecule has 0 aromatic rings. The molecule has 2 heterocycles. The molecule has 110 valence electrons. The van der Waals surface area contributed by atoms with Crippen LogP contribution in [0.2, 0.25) is 0 Å². The van der Waals surface area contributed by atoms with Crippen molar-refractivity contribution in [1.29, 1.82) is 0 Å². The molecule has 4 atom stereocenters. The smallest absolute Gasteiger partial charge is 0.0691 e. The zero-order chi connectivity index (χ0) is 13.8. The average molecular weight is 267 g/mol. The number of hydrogen-bond acceptors (Lipinski definition) is 4. The summed E-state index contributed by atoms with van der Waals surface area (Å²) in [6.45, 7) is 8.88. The Morgan fingerprint density at radius 3 is 2.68 bits per heavy atom. The minimum Gasteiger partial charge on any atom is -0.377 e. The van der Waals surface area contributed by atoms with Crippen LogP contribution in [0.1, 0.15) is 26.7 Å². The third-order valence-corrected chi connectivity index (χ3v) is 6.13. The zero-order valence-corrected chi connectivity index (χ0v) is 12.9. The molecule has 19 heavy (non-hydrogen) atoms. The maximum atomic E-state index is 6.83. The fourth-order valence-corrected chi connectivity index (χ4v) is 4.54. The number of nitrogens with two attached hydrogens (primary N) is 1. The molecule has 4 nitrogen and oxygen atoms in total. The molecule has 0 aromatic carbocycles. The third-order valence-electron chi connectivity index (χ3n) is 6.13. The predicted octanol–water partition coefficient (Wildman–Crippen LogP) is 0.765. The lowest BCUT2D eigenvalue weighted by molar-refractivity contribution is -0.162. The van der Waals surface area contributed by atoms with Crippen molar-refractivity contribution in [3.8, 4) is 0 Å². The van der Waals surface area contributed by atoms with Crippen molar-refractivity contribution in [2.24, 2.45) is 17.1 Å². The summed E-state index contributed by atoms with van der Waals surface area (Å²) in [4.78, 5) is 4.91. The van der Waals surface area contributed by atoms with Gasteiger partial charge in [-0.3, -0.25) is 4.90 Å². The molecule has 3 aliphatic rings. The van der Waals surface area contributed by atoms with Crippen molar-refractivity contribution in [2.75, 3.05) is 40.3 Å². The van der Waals surface area contributed by atoms with Crippen LogP contribution in [0.5, 0.6) is 0 Å². The minimum atomic E-state index is -0.0601. The van der Waals surface area contributed by atoms with E-state index in [-0.39, 0.29) is 11.0 Å². The Hall–Kier alpha value is -0.160. The first kappa shape index (κ1) is 13.8. The first-order valence-electron chi connectivity index (χ1n) is 7.65. The van der Waals surface area contributed by atoms with Crippen LogP contribution in [0.15, 0.2) is 0 Å². The predicted molar refractivity (Wildman–Crippen MR) is 77.1 cm³/mol. The third kappa shape index (κ3) is 1.88. The summed E-state index contributed by atoms with van der Waals surface area (Å²) in [7, 11) is 4.36. The molecule has 2 aliphatic heterocycles. The van der Waals surface area contributed by atoms with Gasteiger partial charge in [-0.1, -0.05) is 13.8 Å². The van der Waals surface area contributed by atoms with Gasteiger partial charge in [0.05, 0.1) is 6.10 Å². The number of fused-ring (bicyclic) bond motifs is 1. The molecule has 0 aromatic heterocycles. The van der Waals surface area contributed by atoms with Crippen LogP contribution in [-0.4, -0.2) is 67.8 Å². The first-order valence-corrected chi connectivity index (χ1v) is 7.65. The molecule has 0 amide bonds. The van der Waals surface area contributed by atoms with Gasteiger partial charge < -0.3 is 15.4 Å². The van der Waals surface area contributed by atoms with Crippen molar-refractivity contribution >= 4 is 0 Å². The molecule has 4 unspecified atom stereocenters. The van der Waals surface area contributed by atoms with E-state index < -0.39 is 0 Å². The maximum Gasteiger partial charge on any atom is 0.0691 e. The van der Waals surface area contributed by atoms with Gasteiger partial charge in [0.2, 0.25) is 0 Å². The fraction of sp³-hybridized carbons (Fsp3) is 1.00. The van der Waals surface area contributed by atoms with Gasteiger partial charge >= 0.3 is 0 Å². The normalized spacial score (nSPS) is 45.5. The van der Waals surface area contributed by atoms with Crippen LogP contribution in [0, 0.1) is 11.3 Å². The van der Waals surface area contributed by atoms with Crippen molar-refractivity contribution in [3.63, 3.8) is 0 Å². The SMILES string of the molecule is CN(C)C1CCN(CC2(N)C3CCOC3C2(C)C)C1. The van der Waals surface area contributed by atoms with Gasteiger partial charge in [-0.2, -0.15) is 0 Å². The number of rotatable bonds is 3. The van der Waals surface area contributed by atoms with E-state index in [1.54, 1.807) is 0 Å². The van der Waals surface area contributed by atoms with E-state index in [9.17, 15) is 0 Å². The molecular formula is C15H29N3O. The zero-order valence-electron chi connectivity index (χ0n) is 12.9. The number of likely N-dealkylation sites (tertiary alicyclic amines) is 1. The first-order chi connectivity index (χ1) is 8.86. The van der Waals surface area contributed by atoms with Gasteiger partial charge in [0, 0.05) is 42.6 Å². The molecule has 0 spiro atoms. The summed E-state index contributed by atoms with van der Waals surface area (Å²) in [6.07, 6.45) is 2.81. The number of hydrogen-bond donors (Lipinski definition) is 1. The van der Waals surface area contributed by atoms with Crippen LogP contribution >= 0.6 is 0 Å². The molecular weight excluding hydrogens is 238 g/mol. The highest BCUT2D eigenvalue weighted by molar-refractivity contribution is 5.21. The largest absolute Gasteiger partial charge is 0.377 e. The monoisotopic (exact) mass is 267 g/mol. The summed E-state index contributed by atoms with van der Waals surface area (Å²) in [6, 6.07) is 0.697. The second-order valence-corrected chi connectivity index (χ2v) is 7.59. The van der Waals surface area contributed by atoms with E-state index in [0.717, 1.165) is 19.6 Å². The van der Waals surface area contributed by atoms with Gasteiger partial charge in [-0.05, 0) is 33.5 Å². The van der Waals surface area contributed by atoms with Gasteiger partial charge in [-0.25, -0.2) is 0 Å². The molecule has 1 saturated carbocycles. The van der Waals surface area contributed by atoms with Crippen LogP contribution in [0.25, 0.3) is 0 Å². The molecule has 1 aliphatic carbocycles. The summed E-state index contributed by atoms with van der Waals surface area (Å²) in [5.41, 5.74) is 6.89. The van der Waals surface area contributed by atoms with Gasteiger partial charge in [0.25, 0.3) is 0 Å². The Labute approximate surface area is 117 Å². The van der Waals surface area contributed by atoms with E-state index in [4.69, 9.17) is 10.5 Å². The molecule has 2 saturated heterocycles. The second-order valence-electron chi connectivity index (χ2n) is 7.59. The van der Waals surface area contributed by atoms with Crippen molar-refractivity contribution in [2.45, 2.75) is 44.4 Å². The quantitative estimate of drug-likeness (QED) is 0.820. The molecule has 2 N–H and O–H groups in total. The Bertz CT molecular complexity index is 357. The highest BCUT2D eigenvalue weighted by atomic mass is 16.5. The van der Waals surface area contributed by atoms with Crippen molar-refractivity contribution < 1.29 is 4.74 Å². The van der Waals surface area contributed by atoms with Gasteiger partial charge in [0.1, 0.15) is 0 Å². The average Bonchev–Trinajstić information content (AvgIpc) is 2.95. The van der Waals surface area contributed by atoms with Gasteiger partial charge in [-0.15, -0.1) is 0 Å². The topological polar surface area (TPSA) is 41.7 Å². The number of nitrogens with zero attached hydrogens (tertiary/aromatic N) is 2. The highest BCUT2D eigenvalue weighted by Crippen LogP contribution is 2.58. The maximum absolute atomic E-state index is 6.83. The Balaban J connectivity index is 1.66. The second kappa shape index (κ2) is 4.42. The van der Waals surface area contributed by atoms with E-state index in [0.29, 0.717) is 18.1 Å². The van der Waals surface area contributed by atoms with Crippen LogP contribution in [-0.2, 0) is 4.74 Å². The number of ether oxygens (including phenoxy) is 1. The Morgan fingerprint density at radius 2 is 2.05 bits per heavy atom. The minimum absolute atomic E-state index is 0.0601. The van der Waals surface area contributed by atoms with Crippen molar-refractivity contribution in [3.05, 3.63) is 0 Å². The molecule has 0 radical (unpaired) electrons. The van der Waals surface area contributed by atoms with Gasteiger partial charge in [0.15, 0.2) is 0 Å². The van der Waals surface area contributed by atoms with Crippen LogP contribution in [0.3, 0.4) is 0 Å². The lowest BCUT2D eigenvalue weighted by atomic mass is 9.48. The lowest BCUT2D eigenvalue weighted by Crippen LogP contribution is -2.78. The fourth-order valence-electron chi connectivity index (χ4n) is 4.54. The summed E-state index contributed by atoms with van der Waals surface area (Å²) < 4.78 is 5.88. The molecule has 0 bridgehead atoms. The van der Waals surface area contributed by atoms with E-state index >= 15 is 0 Å². The van der Waals surface area contributed by atoms with E-state index in [2.05, 4.69) is 37.7 Å². The highest BCUT2D eigenvalue weighted by Gasteiger charge is 2.67. The summed E-state index contributed by atoms with van der Waals surface area (Å²) >= 11 is 0. The van der Waals surface area contributed by atoms with E-state index in [1.807, 2.05) is 0 Å². The standard InChI is InChI=1S/C15H29N3O/c1-14(2)13-12(6-8-19-13)15(14,16)10-18-7-5-11(9-18)17(3)4/h11-13H,5-10,16H2,1-4H3.